The van der Waals surface area contributed by atoms with E-state index in [9.17, 15) is 13.2 Å². The summed E-state index contributed by atoms with van der Waals surface area (Å²) < 4.78 is 27.7. The molecule has 1 fully saturated rings. The molecule has 2 aliphatic rings. The molecule has 1 aromatic carbocycles. The van der Waals surface area contributed by atoms with Crippen molar-refractivity contribution in [2.45, 2.75) is 55.9 Å². The number of hydrogen-bond acceptors (Lipinski definition) is 4. The number of halogens is 1. The summed E-state index contributed by atoms with van der Waals surface area (Å²) >= 11 is 5.83. The average molecular weight is 440 g/mol. The first-order valence-electron chi connectivity index (χ1n) is 10.4. The molecule has 0 atom stereocenters. The zero-order valence-corrected chi connectivity index (χ0v) is 18.3. The zero-order chi connectivity index (χ0) is 20.7. The van der Waals surface area contributed by atoms with E-state index in [1.165, 1.54) is 37.0 Å². The first kappa shape index (κ1) is 22.3. The molecule has 3 rings (SSSR count). The number of carbonyl (C=O) groups is 1. The monoisotopic (exact) mass is 439 g/mol. The van der Waals surface area contributed by atoms with Crippen molar-refractivity contribution in [2.24, 2.45) is 0 Å². The van der Waals surface area contributed by atoms with Crippen LogP contribution >= 0.6 is 11.6 Å². The highest BCUT2D eigenvalue weighted by molar-refractivity contribution is 7.89. The van der Waals surface area contributed by atoms with Crippen molar-refractivity contribution in [1.29, 1.82) is 0 Å². The Balaban J connectivity index is 1.37. The molecule has 1 aliphatic carbocycles. The van der Waals surface area contributed by atoms with Gasteiger partial charge in [0.15, 0.2) is 0 Å². The van der Waals surface area contributed by atoms with Gasteiger partial charge in [0, 0.05) is 30.7 Å². The molecule has 0 spiro atoms. The van der Waals surface area contributed by atoms with Gasteiger partial charge in [0.2, 0.25) is 15.9 Å². The average Bonchev–Trinajstić information content (AvgIpc) is 2.70. The van der Waals surface area contributed by atoms with Crippen LogP contribution in [0, 0.1) is 0 Å². The minimum absolute atomic E-state index is 0.0432. The van der Waals surface area contributed by atoms with E-state index in [2.05, 4.69) is 21.0 Å². The van der Waals surface area contributed by atoms with Gasteiger partial charge in [0.1, 0.15) is 0 Å². The normalized spacial score (nSPS) is 19.0. The Morgan fingerprint density at radius 3 is 2.52 bits per heavy atom. The van der Waals surface area contributed by atoms with E-state index >= 15 is 0 Å². The summed E-state index contributed by atoms with van der Waals surface area (Å²) in [5.74, 6) is 0.0432. The molecule has 0 saturated carbocycles. The quantitative estimate of drug-likeness (QED) is 0.610. The highest BCUT2D eigenvalue weighted by Crippen LogP contribution is 2.19. The Hall–Kier alpha value is -1.41. The third-order valence-corrected chi connectivity index (χ3v) is 7.34. The van der Waals surface area contributed by atoms with Crippen LogP contribution in [-0.4, -0.2) is 51.4 Å². The number of piperidine rings is 1. The SMILES string of the molecule is O=C(CN1CCC(NS(=O)(=O)c2ccc(Cl)cc2)CC1)NCCC1=CCCCC1. The number of allylic oxidation sites excluding steroid dienone is 1. The number of amides is 1. The smallest absolute Gasteiger partial charge is 0.240 e. The van der Waals surface area contributed by atoms with E-state index in [1.54, 1.807) is 12.1 Å². The lowest BCUT2D eigenvalue weighted by Gasteiger charge is -2.31. The van der Waals surface area contributed by atoms with E-state index < -0.39 is 10.0 Å². The second kappa shape index (κ2) is 10.6. The van der Waals surface area contributed by atoms with Gasteiger partial charge in [0.05, 0.1) is 11.4 Å². The first-order valence-corrected chi connectivity index (χ1v) is 12.2. The van der Waals surface area contributed by atoms with Crippen LogP contribution in [0.4, 0.5) is 0 Å². The fraction of sp³-hybridized carbons (Fsp3) is 0.571. The van der Waals surface area contributed by atoms with E-state index in [0.717, 1.165) is 12.8 Å². The Morgan fingerprint density at radius 2 is 1.86 bits per heavy atom. The third kappa shape index (κ3) is 7.10. The summed E-state index contributed by atoms with van der Waals surface area (Å²) in [7, 11) is -3.55. The van der Waals surface area contributed by atoms with Crippen LogP contribution in [0.5, 0.6) is 0 Å². The van der Waals surface area contributed by atoms with Crippen molar-refractivity contribution in [1.82, 2.24) is 14.9 Å². The van der Waals surface area contributed by atoms with Crippen LogP contribution in [0.25, 0.3) is 0 Å². The maximum atomic E-state index is 12.5. The first-order chi connectivity index (χ1) is 13.9. The lowest BCUT2D eigenvalue weighted by molar-refractivity contribution is -0.122. The van der Waals surface area contributed by atoms with Crippen molar-refractivity contribution in [3.8, 4) is 0 Å². The number of rotatable bonds is 8. The lowest BCUT2D eigenvalue weighted by atomic mass is 9.97. The van der Waals surface area contributed by atoms with Crippen LogP contribution in [0.1, 0.15) is 44.9 Å². The van der Waals surface area contributed by atoms with Crippen molar-refractivity contribution in [2.75, 3.05) is 26.2 Å². The highest BCUT2D eigenvalue weighted by atomic mass is 35.5. The molecular formula is C21H30ClN3O3S. The van der Waals surface area contributed by atoms with Crippen LogP contribution in [0.2, 0.25) is 5.02 Å². The van der Waals surface area contributed by atoms with Crippen molar-refractivity contribution in [3.63, 3.8) is 0 Å². The van der Waals surface area contributed by atoms with Crippen molar-refractivity contribution < 1.29 is 13.2 Å². The summed E-state index contributed by atoms with van der Waals surface area (Å²) in [6.45, 7) is 2.47. The summed E-state index contributed by atoms with van der Waals surface area (Å²) in [6.07, 6.45) is 9.50. The van der Waals surface area contributed by atoms with Gasteiger partial charge in [-0.3, -0.25) is 9.69 Å². The second-order valence-corrected chi connectivity index (χ2v) is 9.98. The number of carbonyl (C=O) groups excluding carboxylic acids is 1. The van der Waals surface area contributed by atoms with E-state index in [1.807, 2.05) is 0 Å². The minimum atomic E-state index is -3.55. The fourth-order valence-electron chi connectivity index (χ4n) is 3.86. The summed E-state index contributed by atoms with van der Waals surface area (Å²) in [5.41, 5.74) is 1.46. The van der Waals surface area contributed by atoms with E-state index in [4.69, 9.17) is 11.6 Å². The van der Waals surface area contributed by atoms with Gasteiger partial charge in [-0.25, -0.2) is 13.1 Å². The number of nitrogens with zero attached hydrogens (tertiary/aromatic N) is 1. The van der Waals surface area contributed by atoms with Gasteiger partial charge in [-0.05, 0) is 69.2 Å². The topological polar surface area (TPSA) is 78.5 Å². The Bertz CT molecular complexity index is 816. The number of nitrogens with one attached hydrogen (secondary N) is 2. The molecule has 1 aliphatic heterocycles. The van der Waals surface area contributed by atoms with Crippen LogP contribution in [0.15, 0.2) is 40.8 Å². The van der Waals surface area contributed by atoms with Gasteiger partial charge in [-0.1, -0.05) is 23.3 Å². The van der Waals surface area contributed by atoms with Crippen molar-refractivity contribution >= 4 is 27.5 Å². The Labute approximate surface area is 178 Å². The number of benzene rings is 1. The summed E-state index contributed by atoms with van der Waals surface area (Å²) in [5, 5.41) is 3.51. The minimum Gasteiger partial charge on any atom is -0.355 e. The molecule has 160 valence electrons. The van der Waals surface area contributed by atoms with Gasteiger partial charge in [-0.2, -0.15) is 0 Å². The Morgan fingerprint density at radius 1 is 1.14 bits per heavy atom. The zero-order valence-electron chi connectivity index (χ0n) is 16.7. The van der Waals surface area contributed by atoms with Crippen LogP contribution in [-0.2, 0) is 14.8 Å². The van der Waals surface area contributed by atoms with Crippen LogP contribution in [0.3, 0.4) is 0 Å². The van der Waals surface area contributed by atoms with Crippen LogP contribution < -0.4 is 10.0 Å². The molecule has 2 N–H and O–H groups in total. The molecule has 6 nitrogen and oxygen atoms in total. The molecular weight excluding hydrogens is 410 g/mol. The molecule has 0 radical (unpaired) electrons. The predicted octanol–water partition coefficient (Wildman–Crippen LogP) is 3.09. The molecule has 0 unspecified atom stereocenters. The van der Waals surface area contributed by atoms with Gasteiger partial charge in [-0.15, -0.1) is 0 Å². The molecule has 8 heteroatoms. The summed E-state index contributed by atoms with van der Waals surface area (Å²) in [4.78, 5) is 14.5. The molecule has 1 heterocycles. The fourth-order valence-corrected chi connectivity index (χ4v) is 5.29. The maximum absolute atomic E-state index is 12.5. The standard InChI is InChI=1S/C21H30ClN3O3S/c22-18-6-8-20(9-7-18)29(27,28)24-19-11-14-25(15-12-19)16-21(26)23-13-10-17-4-2-1-3-5-17/h4,6-9,19,24H,1-3,5,10-16H2,(H,23,26). The van der Waals surface area contributed by atoms with Gasteiger partial charge >= 0.3 is 0 Å². The highest BCUT2D eigenvalue weighted by Gasteiger charge is 2.25. The lowest BCUT2D eigenvalue weighted by Crippen LogP contribution is -2.47. The molecule has 1 saturated heterocycles. The molecule has 0 aromatic heterocycles. The molecule has 0 bridgehead atoms. The maximum Gasteiger partial charge on any atom is 0.240 e. The number of likely N-dealkylation sites (tertiary alicyclic amines) is 1. The summed E-state index contributed by atoms with van der Waals surface area (Å²) in [6, 6.07) is 6.04. The number of sulfonamides is 1. The van der Waals surface area contributed by atoms with E-state index in [-0.39, 0.29) is 16.8 Å². The van der Waals surface area contributed by atoms with Gasteiger partial charge in [0.25, 0.3) is 0 Å². The Kier molecular flexibility index (Phi) is 8.12. The largest absolute Gasteiger partial charge is 0.355 e. The number of hydrogen-bond donors (Lipinski definition) is 2. The van der Waals surface area contributed by atoms with Crippen molar-refractivity contribution in [3.05, 3.63) is 40.9 Å². The molecule has 1 aromatic rings. The molecule has 29 heavy (non-hydrogen) atoms. The second-order valence-electron chi connectivity index (χ2n) is 7.83. The van der Waals surface area contributed by atoms with Gasteiger partial charge < -0.3 is 5.32 Å². The molecule has 1 amide bonds. The predicted molar refractivity (Wildman–Crippen MR) is 115 cm³/mol. The van der Waals surface area contributed by atoms with E-state index in [0.29, 0.717) is 44.0 Å². The third-order valence-electron chi connectivity index (χ3n) is 5.55.